The number of hydrogen-bond acceptors (Lipinski definition) is 5. The second-order valence-corrected chi connectivity index (χ2v) is 7.73. The topological polar surface area (TPSA) is 80.0 Å². The molecule has 130 valence electrons. The first-order valence-corrected chi connectivity index (χ1v) is 9.68. The van der Waals surface area contributed by atoms with Crippen molar-refractivity contribution in [1.29, 1.82) is 5.26 Å². The molecular weight excluding hydrogens is 348 g/mol. The second kappa shape index (κ2) is 6.98. The summed E-state index contributed by atoms with van der Waals surface area (Å²) in [7, 11) is -1.80. The van der Waals surface area contributed by atoms with E-state index in [9.17, 15) is 13.7 Å². The molecule has 0 saturated carbocycles. The molecule has 0 saturated heterocycles. The van der Waals surface area contributed by atoms with E-state index >= 15 is 0 Å². The van der Waals surface area contributed by atoms with Crippen molar-refractivity contribution in [2.45, 2.75) is 4.90 Å². The summed E-state index contributed by atoms with van der Waals surface area (Å²) in [4.78, 5) is 4.76. The highest BCUT2D eigenvalue weighted by Gasteiger charge is 2.16. The Hall–Kier alpha value is -3.17. The van der Waals surface area contributed by atoms with Gasteiger partial charge in [0.2, 0.25) is 5.88 Å². The summed E-state index contributed by atoms with van der Waals surface area (Å²) in [5.74, 6) is 0.253. The molecule has 1 aromatic heterocycles. The number of hydrogen-bond donors (Lipinski definition) is 0. The molecule has 0 bridgehead atoms. The van der Waals surface area contributed by atoms with Crippen LogP contribution in [0.4, 0.5) is 0 Å². The molecule has 0 radical (unpaired) electrons. The SMILES string of the molecule is COc1nc(-c2ccccc2)c(-c2ccc(S(C)(=O)=O)cc2)cc1C#N. The van der Waals surface area contributed by atoms with E-state index < -0.39 is 9.84 Å². The predicted molar refractivity (Wildman–Crippen MR) is 99.5 cm³/mol. The number of nitriles is 1. The molecule has 3 aromatic rings. The van der Waals surface area contributed by atoms with E-state index in [2.05, 4.69) is 11.1 Å². The number of pyridine rings is 1. The maximum atomic E-state index is 11.7. The largest absolute Gasteiger partial charge is 0.480 e. The van der Waals surface area contributed by atoms with Crippen LogP contribution in [0, 0.1) is 11.3 Å². The lowest BCUT2D eigenvalue weighted by Crippen LogP contribution is -1.99. The van der Waals surface area contributed by atoms with Gasteiger partial charge in [-0.1, -0.05) is 42.5 Å². The number of ether oxygens (including phenoxy) is 1. The summed E-state index contributed by atoms with van der Waals surface area (Å²) >= 11 is 0. The van der Waals surface area contributed by atoms with Gasteiger partial charge in [-0.25, -0.2) is 13.4 Å². The average Bonchev–Trinajstić information content (AvgIpc) is 2.67. The van der Waals surface area contributed by atoms with Crippen molar-refractivity contribution in [3.05, 3.63) is 66.2 Å². The molecule has 6 heteroatoms. The molecular formula is C20H16N2O3S. The number of aromatic nitrogens is 1. The zero-order valence-corrected chi connectivity index (χ0v) is 15.1. The van der Waals surface area contributed by atoms with Gasteiger partial charge in [-0.2, -0.15) is 5.26 Å². The van der Waals surface area contributed by atoms with Crippen molar-refractivity contribution in [2.24, 2.45) is 0 Å². The van der Waals surface area contributed by atoms with Crippen LogP contribution >= 0.6 is 0 Å². The van der Waals surface area contributed by atoms with Crippen LogP contribution in [0.3, 0.4) is 0 Å². The first-order chi connectivity index (χ1) is 12.4. The minimum absolute atomic E-state index is 0.240. The van der Waals surface area contributed by atoms with Crippen molar-refractivity contribution in [1.82, 2.24) is 4.98 Å². The standard InChI is InChI=1S/C20H16N2O3S/c1-25-20-16(13-21)12-18(19(22-20)15-6-4-3-5-7-15)14-8-10-17(11-9-14)26(2,23)24/h3-12H,1-2H3. The van der Waals surface area contributed by atoms with E-state index in [0.717, 1.165) is 16.7 Å². The van der Waals surface area contributed by atoms with Gasteiger partial charge in [0.05, 0.1) is 17.7 Å². The summed E-state index contributed by atoms with van der Waals surface area (Å²) in [6, 6.07) is 19.9. The number of methoxy groups -OCH3 is 1. The Bertz CT molecular complexity index is 1080. The first kappa shape index (κ1) is 17.6. The van der Waals surface area contributed by atoms with Gasteiger partial charge in [-0.3, -0.25) is 0 Å². The highest BCUT2D eigenvalue weighted by molar-refractivity contribution is 7.90. The van der Waals surface area contributed by atoms with Crippen LogP contribution in [0.1, 0.15) is 5.56 Å². The third-order valence-electron chi connectivity index (χ3n) is 3.94. The monoisotopic (exact) mass is 364 g/mol. The van der Waals surface area contributed by atoms with Crippen molar-refractivity contribution in [3.63, 3.8) is 0 Å². The fourth-order valence-electron chi connectivity index (χ4n) is 2.65. The Balaban J connectivity index is 2.24. The zero-order chi connectivity index (χ0) is 18.7. The van der Waals surface area contributed by atoms with Crippen LogP contribution in [0.15, 0.2) is 65.6 Å². The van der Waals surface area contributed by atoms with Gasteiger partial charge in [0.25, 0.3) is 0 Å². The molecule has 0 aliphatic heterocycles. The lowest BCUT2D eigenvalue weighted by atomic mass is 9.98. The molecule has 0 aliphatic carbocycles. The Morgan fingerprint density at radius 3 is 2.19 bits per heavy atom. The molecule has 5 nitrogen and oxygen atoms in total. The summed E-state index contributed by atoms with van der Waals surface area (Å²) in [6.07, 6.45) is 1.17. The first-order valence-electron chi connectivity index (χ1n) is 7.79. The van der Waals surface area contributed by atoms with E-state index in [4.69, 9.17) is 4.74 Å². The van der Waals surface area contributed by atoms with Crippen LogP contribution < -0.4 is 4.74 Å². The van der Waals surface area contributed by atoms with Crippen molar-refractivity contribution in [3.8, 4) is 34.3 Å². The van der Waals surface area contributed by atoms with E-state index in [1.54, 1.807) is 30.3 Å². The van der Waals surface area contributed by atoms with Gasteiger partial charge in [0.15, 0.2) is 9.84 Å². The molecule has 0 aliphatic rings. The Kier molecular flexibility index (Phi) is 4.74. The van der Waals surface area contributed by atoms with Gasteiger partial charge >= 0.3 is 0 Å². The molecule has 0 fully saturated rings. The van der Waals surface area contributed by atoms with E-state index in [1.807, 2.05) is 30.3 Å². The molecule has 3 rings (SSSR count). The molecule has 0 atom stereocenters. The quantitative estimate of drug-likeness (QED) is 0.705. The molecule has 26 heavy (non-hydrogen) atoms. The third kappa shape index (κ3) is 3.44. The Morgan fingerprint density at radius 2 is 1.65 bits per heavy atom. The van der Waals surface area contributed by atoms with Crippen molar-refractivity contribution in [2.75, 3.05) is 13.4 Å². The summed E-state index contributed by atoms with van der Waals surface area (Å²) in [5, 5.41) is 9.38. The lowest BCUT2D eigenvalue weighted by molar-refractivity contribution is 0.397. The van der Waals surface area contributed by atoms with E-state index in [-0.39, 0.29) is 10.8 Å². The smallest absolute Gasteiger partial charge is 0.232 e. The summed E-state index contributed by atoms with van der Waals surface area (Å²) in [6.45, 7) is 0. The zero-order valence-electron chi connectivity index (χ0n) is 14.3. The van der Waals surface area contributed by atoms with Gasteiger partial charge in [-0.15, -0.1) is 0 Å². The van der Waals surface area contributed by atoms with Crippen LogP contribution in [-0.4, -0.2) is 26.8 Å². The van der Waals surface area contributed by atoms with Crippen LogP contribution in [0.25, 0.3) is 22.4 Å². The van der Waals surface area contributed by atoms with E-state index in [0.29, 0.717) is 11.3 Å². The Morgan fingerprint density at radius 1 is 1.00 bits per heavy atom. The maximum Gasteiger partial charge on any atom is 0.232 e. The van der Waals surface area contributed by atoms with Crippen LogP contribution in [0.2, 0.25) is 0 Å². The number of sulfone groups is 1. The van der Waals surface area contributed by atoms with Gasteiger partial charge < -0.3 is 4.74 Å². The second-order valence-electron chi connectivity index (χ2n) is 5.72. The normalized spacial score (nSPS) is 11.0. The van der Waals surface area contributed by atoms with Gasteiger partial charge in [-0.05, 0) is 23.8 Å². The predicted octanol–water partition coefficient (Wildman–Crippen LogP) is 3.70. The third-order valence-corrected chi connectivity index (χ3v) is 5.07. The summed E-state index contributed by atoms with van der Waals surface area (Å²) < 4.78 is 28.6. The highest BCUT2D eigenvalue weighted by atomic mass is 32.2. The number of nitrogens with zero attached hydrogens (tertiary/aromatic N) is 2. The molecule has 1 heterocycles. The van der Waals surface area contributed by atoms with Crippen LogP contribution in [0.5, 0.6) is 5.88 Å². The van der Waals surface area contributed by atoms with Gasteiger partial charge in [0.1, 0.15) is 11.6 Å². The van der Waals surface area contributed by atoms with Crippen LogP contribution in [-0.2, 0) is 9.84 Å². The molecule has 0 amide bonds. The highest BCUT2D eigenvalue weighted by Crippen LogP contribution is 2.34. The maximum absolute atomic E-state index is 11.7. The molecule has 2 aromatic carbocycles. The number of benzene rings is 2. The molecule has 0 unspecified atom stereocenters. The fraction of sp³-hybridized carbons (Fsp3) is 0.100. The molecule has 0 spiro atoms. The van der Waals surface area contributed by atoms with Gasteiger partial charge in [0, 0.05) is 17.4 Å². The Labute approximate surface area is 152 Å². The lowest BCUT2D eigenvalue weighted by Gasteiger charge is -2.13. The average molecular weight is 364 g/mol. The number of rotatable bonds is 4. The molecule has 0 N–H and O–H groups in total. The fourth-order valence-corrected chi connectivity index (χ4v) is 3.28. The van der Waals surface area contributed by atoms with E-state index in [1.165, 1.54) is 13.4 Å². The minimum Gasteiger partial charge on any atom is -0.480 e. The minimum atomic E-state index is -3.28. The van der Waals surface area contributed by atoms with Crippen molar-refractivity contribution >= 4 is 9.84 Å². The van der Waals surface area contributed by atoms with Crippen molar-refractivity contribution < 1.29 is 13.2 Å². The summed E-state index contributed by atoms with van der Waals surface area (Å²) in [5.41, 5.74) is 3.34.